The predicted molar refractivity (Wildman–Crippen MR) is 142 cm³/mol. The second kappa shape index (κ2) is 12.8. The molecule has 0 aliphatic heterocycles. The van der Waals surface area contributed by atoms with Gasteiger partial charge in [0.15, 0.2) is 5.82 Å². The number of pyridine rings is 2. The lowest BCUT2D eigenvalue weighted by Gasteiger charge is -2.17. The third-order valence-corrected chi connectivity index (χ3v) is 6.34. The first kappa shape index (κ1) is 30.1. The second-order valence-electron chi connectivity index (χ2n) is 9.11. The van der Waals surface area contributed by atoms with Crippen molar-refractivity contribution in [1.82, 2.24) is 24.8 Å². The van der Waals surface area contributed by atoms with Gasteiger partial charge in [0.1, 0.15) is 18.1 Å². The van der Waals surface area contributed by atoms with Gasteiger partial charge in [0.05, 0.1) is 28.7 Å². The number of ether oxygens (including phenoxy) is 1. The van der Waals surface area contributed by atoms with Crippen molar-refractivity contribution in [2.24, 2.45) is 0 Å². The van der Waals surface area contributed by atoms with Gasteiger partial charge in [-0.2, -0.15) is 26.3 Å². The molecule has 1 aromatic carbocycles. The summed E-state index contributed by atoms with van der Waals surface area (Å²) in [7, 11) is 0. The van der Waals surface area contributed by atoms with Crippen molar-refractivity contribution in [3.05, 3.63) is 71.9 Å². The Bertz CT molecular complexity index is 1460. The molecule has 41 heavy (non-hydrogen) atoms. The van der Waals surface area contributed by atoms with Crippen LogP contribution in [0.2, 0.25) is 0 Å². The molecule has 7 nitrogen and oxygen atoms in total. The molecule has 0 spiro atoms. The van der Waals surface area contributed by atoms with Crippen molar-refractivity contribution in [2.75, 3.05) is 31.6 Å². The summed E-state index contributed by atoms with van der Waals surface area (Å²) in [5, 5.41) is 3.39. The minimum atomic E-state index is -4.61. The lowest BCUT2D eigenvalue weighted by Crippen LogP contribution is -2.24. The molecule has 4 aromatic rings. The van der Waals surface area contributed by atoms with E-state index in [4.69, 9.17) is 4.74 Å². The zero-order valence-corrected chi connectivity index (χ0v) is 22.4. The van der Waals surface area contributed by atoms with Gasteiger partial charge in [-0.1, -0.05) is 19.9 Å². The minimum Gasteiger partial charge on any atom is -0.373 e. The van der Waals surface area contributed by atoms with Gasteiger partial charge in [0, 0.05) is 30.3 Å². The van der Waals surface area contributed by atoms with Gasteiger partial charge in [-0.15, -0.1) is 0 Å². The molecule has 0 aliphatic carbocycles. The highest BCUT2D eigenvalue weighted by molar-refractivity contribution is 5.93. The van der Waals surface area contributed by atoms with Crippen LogP contribution < -0.4 is 5.32 Å². The van der Waals surface area contributed by atoms with E-state index in [1.807, 2.05) is 0 Å². The Balaban J connectivity index is 1.67. The Morgan fingerprint density at radius 1 is 0.902 bits per heavy atom. The molecule has 3 heterocycles. The molecule has 0 atom stereocenters. The van der Waals surface area contributed by atoms with Crippen molar-refractivity contribution in [3.8, 4) is 11.3 Å². The van der Waals surface area contributed by atoms with Gasteiger partial charge in [-0.05, 0) is 55.9 Å². The van der Waals surface area contributed by atoms with Crippen molar-refractivity contribution in [3.63, 3.8) is 0 Å². The van der Waals surface area contributed by atoms with Crippen LogP contribution in [0.1, 0.15) is 37.4 Å². The average Bonchev–Trinajstić information content (AvgIpc) is 2.94. The molecular formula is C28H28F6N6O. The summed E-state index contributed by atoms with van der Waals surface area (Å²) in [5.41, 5.74) is -1.46. The highest BCUT2D eigenvalue weighted by Crippen LogP contribution is 2.37. The highest BCUT2D eigenvalue weighted by atomic mass is 19.4. The Morgan fingerprint density at radius 3 is 2.34 bits per heavy atom. The number of halogens is 6. The number of hydrogen-bond acceptors (Lipinski definition) is 7. The zero-order valence-electron chi connectivity index (χ0n) is 22.4. The number of rotatable bonds is 11. The quantitative estimate of drug-likeness (QED) is 0.150. The van der Waals surface area contributed by atoms with Gasteiger partial charge in [-0.25, -0.2) is 15.0 Å². The number of nitrogens with zero attached hydrogens (tertiary/aromatic N) is 5. The molecule has 0 saturated heterocycles. The van der Waals surface area contributed by atoms with E-state index in [-0.39, 0.29) is 35.2 Å². The van der Waals surface area contributed by atoms with Crippen LogP contribution in [0.15, 0.2) is 54.9 Å². The smallest absolute Gasteiger partial charge is 0.373 e. The van der Waals surface area contributed by atoms with Crippen molar-refractivity contribution >= 4 is 22.4 Å². The Labute approximate surface area is 232 Å². The predicted octanol–water partition coefficient (Wildman–Crippen LogP) is 7.12. The maximum Gasteiger partial charge on any atom is 0.433 e. The summed E-state index contributed by atoms with van der Waals surface area (Å²) in [6.07, 6.45) is -6.12. The van der Waals surface area contributed by atoms with Crippen LogP contribution in [-0.4, -0.2) is 51.1 Å². The summed E-state index contributed by atoms with van der Waals surface area (Å²) in [4.78, 5) is 18.7. The number of alkyl halides is 6. The van der Waals surface area contributed by atoms with Crippen LogP contribution in [0.3, 0.4) is 0 Å². The molecule has 0 bridgehead atoms. The van der Waals surface area contributed by atoms with Gasteiger partial charge in [0.25, 0.3) is 0 Å². The molecule has 218 valence electrons. The normalized spacial score (nSPS) is 12.3. The lowest BCUT2D eigenvalue weighted by atomic mass is 10.0. The fourth-order valence-corrected chi connectivity index (χ4v) is 4.21. The fraction of sp³-hybridized carbons (Fsp3) is 0.357. The van der Waals surface area contributed by atoms with Crippen molar-refractivity contribution in [1.29, 1.82) is 0 Å². The molecule has 13 heteroatoms. The zero-order chi connectivity index (χ0) is 29.6. The molecule has 3 aromatic heterocycles. The third kappa shape index (κ3) is 7.67. The van der Waals surface area contributed by atoms with E-state index in [1.165, 1.54) is 36.5 Å². The summed E-state index contributed by atoms with van der Waals surface area (Å²) >= 11 is 0. The minimum absolute atomic E-state index is 0.0236. The standard InChI is InChI=1S/C28H28F6N6O/c1-3-40(4-2)13-6-14-41-17-24-38-22-15-18(25-21(27(29,30)31)7-5-12-35-25)8-10-20(22)26(39-24)37-19-9-11-23(36-16-19)28(32,33)34/h5,7-12,15-16H,3-4,6,13-14,17H2,1-2H3,(H,37,38,39). The number of hydrogen-bond donors (Lipinski definition) is 1. The average molecular weight is 579 g/mol. The molecule has 0 unspecified atom stereocenters. The molecule has 0 saturated carbocycles. The molecule has 0 aliphatic rings. The molecule has 1 N–H and O–H groups in total. The molecule has 4 rings (SSSR count). The largest absolute Gasteiger partial charge is 0.433 e. The molecule has 0 amide bonds. The van der Waals surface area contributed by atoms with Gasteiger partial charge in [0.2, 0.25) is 0 Å². The van der Waals surface area contributed by atoms with Crippen LogP contribution in [0, 0.1) is 0 Å². The van der Waals surface area contributed by atoms with Gasteiger partial charge < -0.3 is 15.0 Å². The molecule has 0 radical (unpaired) electrons. The van der Waals surface area contributed by atoms with E-state index < -0.39 is 23.6 Å². The third-order valence-electron chi connectivity index (χ3n) is 6.34. The summed E-state index contributed by atoms with van der Waals surface area (Å²) in [6, 6.07) is 8.68. The SMILES string of the molecule is CCN(CC)CCCOCc1nc(Nc2ccc(C(F)(F)F)nc2)c2ccc(-c3ncccc3C(F)(F)F)cc2n1. The number of benzene rings is 1. The van der Waals surface area contributed by atoms with Crippen LogP contribution in [0.4, 0.5) is 37.8 Å². The van der Waals surface area contributed by atoms with Crippen molar-refractivity contribution < 1.29 is 31.1 Å². The lowest BCUT2D eigenvalue weighted by molar-refractivity contribution is -0.141. The number of nitrogens with one attached hydrogen (secondary N) is 1. The van der Waals surface area contributed by atoms with E-state index >= 15 is 0 Å². The first-order valence-corrected chi connectivity index (χ1v) is 12.9. The molecule has 0 fully saturated rings. The van der Waals surface area contributed by atoms with Gasteiger partial charge in [-0.3, -0.25) is 4.98 Å². The maximum absolute atomic E-state index is 13.6. The van der Waals surface area contributed by atoms with E-state index in [9.17, 15) is 26.3 Å². The van der Waals surface area contributed by atoms with Gasteiger partial charge >= 0.3 is 12.4 Å². The Kier molecular flexibility index (Phi) is 9.38. The topological polar surface area (TPSA) is 76.1 Å². The number of fused-ring (bicyclic) bond motifs is 1. The van der Waals surface area contributed by atoms with E-state index in [2.05, 4.69) is 44.0 Å². The summed E-state index contributed by atoms with van der Waals surface area (Å²) in [5.74, 6) is 0.485. The van der Waals surface area contributed by atoms with Crippen LogP contribution >= 0.6 is 0 Å². The highest BCUT2D eigenvalue weighted by Gasteiger charge is 2.34. The monoisotopic (exact) mass is 578 g/mol. The van der Waals surface area contributed by atoms with E-state index in [1.54, 1.807) is 0 Å². The Morgan fingerprint density at radius 2 is 1.68 bits per heavy atom. The van der Waals surface area contributed by atoms with E-state index in [0.29, 0.717) is 17.5 Å². The number of aromatic nitrogens is 4. The van der Waals surface area contributed by atoms with Crippen LogP contribution in [0.5, 0.6) is 0 Å². The van der Waals surface area contributed by atoms with E-state index in [0.717, 1.165) is 44.4 Å². The summed E-state index contributed by atoms with van der Waals surface area (Å²) in [6.45, 7) is 7.31. The maximum atomic E-state index is 13.6. The first-order valence-electron chi connectivity index (χ1n) is 12.9. The van der Waals surface area contributed by atoms with Crippen molar-refractivity contribution in [2.45, 2.75) is 39.2 Å². The molecular weight excluding hydrogens is 550 g/mol. The number of anilines is 2. The van der Waals surface area contributed by atoms with Crippen LogP contribution in [0.25, 0.3) is 22.2 Å². The second-order valence-corrected chi connectivity index (χ2v) is 9.11. The fourth-order valence-electron chi connectivity index (χ4n) is 4.21. The Hall–Kier alpha value is -3.84. The first-order chi connectivity index (χ1) is 19.5. The van der Waals surface area contributed by atoms with Crippen LogP contribution in [-0.2, 0) is 23.7 Å². The summed E-state index contributed by atoms with van der Waals surface area (Å²) < 4.78 is 85.6.